The number of hydrogen-bond donors (Lipinski definition) is 2. The van der Waals surface area contributed by atoms with E-state index in [-0.39, 0.29) is 28.6 Å². The highest BCUT2D eigenvalue weighted by Gasteiger charge is 2.36. The number of nitrogens with one attached hydrogen (secondary N) is 2. The largest absolute Gasteiger partial charge is 0.465 e. The second-order valence-electron chi connectivity index (χ2n) is 9.39. The summed E-state index contributed by atoms with van der Waals surface area (Å²) in [5.74, 6) is -1.15. The van der Waals surface area contributed by atoms with E-state index in [0.717, 1.165) is 29.7 Å². The third-order valence-corrected chi connectivity index (χ3v) is 7.51. The number of esters is 1. The minimum absolute atomic E-state index is 0.115. The van der Waals surface area contributed by atoms with Crippen LogP contribution in [0.1, 0.15) is 51.3 Å². The van der Waals surface area contributed by atoms with Crippen LogP contribution in [-0.4, -0.2) is 59.5 Å². The predicted molar refractivity (Wildman–Crippen MR) is 144 cm³/mol. The summed E-state index contributed by atoms with van der Waals surface area (Å²) in [6, 6.07) is 15.6. The Kier molecular flexibility index (Phi) is 7.87. The quantitative estimate of drug-likeness (QED) is 0.404. The van der Waals surface area contributed by atoms with Crippen molar-refractivity contribution in [3.8, 4) is 11.3 Å². The van der Waals surface area contributed by atoms with Gasteiger partial charge in [-0.1, -0.05) is 53.8 Å². The summed E-state index contributed by atoms with van der Waals surface area (Å²) in [6.07, 6.45) is 2.58. The number of carbonyl (C=O) groups is 4. The standard InChI is InChI=1S/C28H28N4O6S/c1-37-26(35)23-22(18-9-11-19(12-10-18)24(33)29-20-13-14-20)30-27(39-23)31-25(34)21-8-5-15-32(21)28(36)38-16-17-6-3-2-4-7-17/h2-4,6-7,9-12,20-21H,5,8,13-16H2,1H3,(H,29,33)(H,30,31,34)/t21-/m1/s1. The maximum atomic E-state index is 13.2. The van der Waals surface area contributed by atoms with Gasteiger partial charge in [-0.25, -0.2) is 14.6 Å². The molecule has 10 nitrogen and oxygen atoms in total. The second kappa shape index (κ2) is 11.6. The molecule has 5 rings (SSSR count). The van der Waals surface area contributed by atoms with Crippen LogP contribution in [-0.2, 0) is 20.9 Å². The number of rotatable bonds is 8. The van der Waals surface area contributed by atoms with Crippen LogP contribution in [0.2, 0.25) is 0 Å². The number of anilines is 1. The van der Waals surface area contributed by atoms with Gasteiger partial charge >= 0.3 is 12.1 Å². The first kappa shape index (κ1) is 26.4. The Hall–Kier alpha value is -4.25. The van der Waals surface area contributed by atoms with Gasteiger partial charge < -0.3 is 20.1 Å². The maximum absolute atomic E-state index is 13.2. The molecule has 2 aliphatic rings. The van der Waals surface area contributed by atoms with Crippen LogP contribution in [0, 0.1) is 0 Å². The summed E-state index contributed by atoms with van der Waals surface area (Å²) < 4.78 is 10.4. The van der Waals surface area contributed by atoms with Gasteiger partial charge in [-0.2, -0.15) is 0 Å². The molecule has 1 aliphatic heterocycles. The Labute approximate surface area is 229 Å². The van der Waals surface area contributed by atoms with Crippen LogP contribution in [0.15, 0.2) is 54.6 Å². The van der Waals surface area contributed by atoms with E-state index in [4.69, 9.17) is 9.47 Å². The van der Waals surface area contributed by atoms with Gasteiger partial charge in [-0.05, 0) is 43.4 Å². The number of aromatic nitrogens is 1. The van der Waals surface area contributed by atoms with Crippen molar-refractivity contribution >= 4 is 40.3 Å². The summed E-state index contributed by atoms with van der Waals surface area (Å²) in [5, 5.41) is 5.90. The molecule has 1 aliphatic carbocycles. The Morgan fingerprint density at radius 3 is 2.46 bits per heavy atom. The highest BCUT2D eigenvalue weighted by Crippen LogP contribution is 2.33. The third-order valence-electron chi connectivity index (χ3n) is 6.56. The number of thiazole rings is 1. The van der Waals surface area contributed by atoms with Crippen molar-refractivity contribution in [2.75, 3.05) is 19.0 Å². The fraction of sp³-hybridized carbons (Fsp3) is 0.321. The van der Waals surface area contributed by atoms with E-state index < -0.39 is 24.0 Å². The van der Waals surface area contributed by atoms with Crippen LogP contribution in [0.4, 0.5) is 9.93 Å². The number of methoxy groups -OCH3 is 1. The number of likely N-dealkylation sites (tertiary alicyclic amines) is 1. The number of hydrogen-bond acceptors (Lipinski definition) is 8. The molecule has 2 heterocycles. The van der Waals surface area contributed by atoms with E-state index in [1.807, 2.05) is 30.3 Å². The first-order valence-electron chi connectivity index (χ1n) is 12.7. The molecule has 1 saturated carbocycles. The number of nitrogens with zero attached hydrogens (tertiary/aromatic N) is 2. The highest BCUT2D eigenvalue weighted by molar-refractivity contribution is 7.18. The minimum atomic E-state index is -0.716. The molecule has 202 valence electrons. The lowest BCUT2D eigenvalue weighted by Gasteiger charge is -2.22. The Morgan fingerprint density at radius 2 is 1.77 bits per heavy atom. The van der Waals surface area contributed by atoms with Gasteiger partial charge in [0, 0.05) is 23.7 Å². The fourth-order valence-electron chi connectivity index (χ4n) is 4.32. The molecule has 0 spiro atoms. The van der Waals surface area contributed by atoms with Crippen molar-refractivity contribution in [3.63, 3.8) is 0 Å². The number of carbonyl (C=O) groups excluding carboxylic acids is 4. The summed E-state index contributed by atoms with van der Waals surface area (Å²) >= 11 is 0.987. The van der Waals surface area contributed by atoms with Crippen LogP contribution >= 0.6 is 11.3 Å². The zero-order valence-electron chi connectivity index (χ0n) is 21.3. The smallest absolute Gasteiger partial charge is 0.410 e. The summed E-state index contributed by atoms with van der Waals surface area (Å²) in [4.78, 5) is 56.8. The molecule has 11 heteroatoms. The number of ether oxygens (including phenoxy) is 2. The van der Waals surface area contributed by atoms with Crippen molar-refractivity contribution < 1.29 is 28.7 Å². The lowest BCUT2D eigenvalue weighted by Crippen LogP contribution is -2.43. The maximum Gasteiger partial charge on any atom is 0.410 e. The van der Waals surface area contributed by atoms with E-state index in [2.05, 4.69) is 15.6 Å². The van der Waals surface area contributed by atoms with E-state index in [0.29, 0.717) is 36.2 Å². The van der Waals surface area contributed by atoms with Crippen molar-refractivity contribution in [3.05, 3.63) is 70.6 Å². The molecule has 3 aromatic rings. The molecule has 2 fully saturated rings. The molecule has 2 aromatic carbocycles. The third kappa shape index (κ3) is 6.26. The first-order chi connectivity index (χ1) is 18.9. The molecule has 0 bridgehead atoms. The van der Waals surface area contributed by atoms with Gasteiger partial charge in [0.15, 0.2) is 5.13 Å². The summed E-state index contributed by atoms with van der Waals surface area (Å²) in [7, 11) is 1.27. The molecular weight excluding hydrogens is 520 g/mol. The van der Waals surface area contributed by atoms with Crippen LogP contribution in [0.3, 0.4) is 0 Å². The van der Waals surface area contributed by atoms with Gasteiger partial charge in [-0.3, -0.25) is 14.5 Å². The van der Waals surface area contributed by atoms with E-state index in [1.165, 1.54) is 12.0 Å². The molecule has 0 unspecified atom stereocenters. The molecule has 39 heavy (non-hydrogen) atoms. The molecular formula is C28H28N4O6S. The zero-order valence-corrected chi connectivity index (χ0v) is 22.2. The first-order valence-corrected chi connectivity index (χ1v) is 13.5. The Bertz CT molecular complexity index is 1370. The van der Waals surface area contributed by atoms with Gasteiger partial charge in [0.25, 0.3) is 5.91 Å². The van der Waals surface area contributed by atoms with Crippen LogP contribution in [0.25, 0.3) is 11.3 Å². The van der Waals surface area contributed by atoms with Gasteiger partial charge in [-0.15, -0.1) is 0 Å². The monoisotopic (exact) mass is 548 g/mol. The van der Waals surface area contributed by atoms with E-state index in [9.17, 15) is 19.2 Å². The molecule has 1 atom stereocenters. The predicted octanol–water partition coefficient (Wildman–Crippen LogP) is 4.23. The van der Waals surface area contributed by atoms with E-state index in [1.54, 1.807) is 24.3 Å². The van der Waals surface area contributed by atoms with Gasteiger partial charge in [0.1, 0.15) is 17.5 Å². The van der Waals surface area contributed by atoms with Gasteiger partial charge in [0.05, 0.1) is 12.8 Å². The molecule has 3 amide bonds. The lowest BCUT2D eigenvalue weighted by molar-refractivity contribution is -0.120. The number of amides is 3. The number of benzene rings is 2. The SMILES string of the molecule is COC(=O)c1sc(NC(=O)[C@H]2CCCN2C(=O)OCc2ccccc2)nc1-c1ccc(C(=O)NC2CC2)cc1. The van der Waals surface area contributed by atoms with Crippen molar-refractivity contribution in [1.29, 1.82) is 0 Å². The minimum Gasteiger partial charge on any atom is -0.465 e. The second-order valence-corrected chi connectivity index (χ2v) is 10.4. The molecule has 1 saturated heterocycles. The van der Waals surface area contributed by atoms with Crippen molar-refractivity contribution in [2.24, 2.45) is 0 Å². The summed E-state index contributed by atoms with van der Waals surface area (Å²) in [5.41, 5.74) is 2.30. The average Bonchev–Trinajstić information content (AvgIpc) is 3.45. The molecule has 2 N–H and O–H groups in total. The normalized spacial score (nSPS) is 16.4. The van der Waals surface area contributed by atoms with Crippen LogP contribution in [0.5, 0.6) is 0 Å². The van der Waals surface area contributed by atoms with Gasteiger partial charge in [0.2, 0.25) is 5.91 Å². The zero-order chi connectivity index (χ0) is 27.4. The topological polar surface area (TPSA) is 127 Å². The van der Waals surface area contributed by atoms with Crippen LogP contribution < -0.4 is 10.6 Å². The highest BCUT2D eigenvalue weighted by atomic mass is 32.1. The Morgan fingerprint density at radius 1 is 1.03 bits per heavy atom. The average molecular weight is 549 g/mol. The molecule has 1 aromatic heterocycles. The van der Waals surface area contributed by atoms with Crippen molar-refractivity contribution in [2.45, 2.75) is 44.4 Å². The lowest BCUT2D eigenvalue weighted by atomic mass is 10.1. The summed E-state index contributed by atoms with van der Waals surface area (Å²) in [6.45, 7) is 0.521. The van der Waals surface area contributed by atoms with E-state index >= 15 is 0 Å². The fourth-order valence-corrected chi connectivity index (χ4v) is 5.23. The Balaban J connectivity index is 1.28. The molecule has 0 radical (unpaired) electrons. The van der Waals surface area contributed by atoms with Crippen molar-refractivity contribution in [1.82, 2.24) is 15.2 Å².